The lowest BCUT2D eigenvalue weighted by Crippen LogP contribution is -2.36. The van der Waals surface area contributed by atoms with E-state index in [0.29, 0.717) is 18.1 Å². The molecule has 0 spiro atoms. The van der Waals surface area contributed by atoms with Crippen molar-refractivity contribution in [3.05, 3.63) is 60.2 Å². The van der Waals surface area contributed by atoms with Crippen molar-refractivity contribution < 1.29 is 9.53 Å². The minimum Gasteiger partial charge on any atom is -0.489 e. The van der Waals surface area contributed by atoms with E-state index in [2.05, 4.69) is 10.6 Å². The van der Waals surface area contributed by atoms with Crippen LogP contribution in [0, 0.1) is 5.41 Å². The summed E-state index contributed by atoms with van der Waals surface area (Å²) in [7, 11) is 0. The molecule has 0 atom stereocenters. The normalized spacial score (nSPS) is 10.8. The monoisotopic (exact) mass is 356 g/mol. The fourth-order valence-corrected chi connectivity index (χ4v) is 2.42. The van der Waals surface area contributed by atoms with Crippen molar-refractivity contribution in [3.63, 3.8) is 0 Å². The van der Waals surface area contributed by atoms with E-state index in [-0.39, 0.29) is 11.3 Å². The predicted molar refractivity (Wildman–Crippen MR) is 106 cm³/mol. The van der Waals surface area contributed by atoms with Crippen molar-refractivity contribution >= 4 is 28.9 Å². The van der Waals surface area contributed by atoms with Gasteiger partial charge in [-0.2, -0.15) is 0 Å². The third-order valence-electron chi connectivity index (χ3n) is 3.30. The maximum atomic E-state index is 11.9. The molecule has 0 saturated heterocycles. The number of amides is 1. The summed E-state index contributed by atoms with van der Waals surface area (Å²) in [5, 5.41) is 6.00. The molecule has 0 fully saturated rings. The molecule has 2 N–H and O–H groups in total. The molecule has 0 saturated carbocycles. The van der Waals surface area contributed by atoms with Crippen LogP contribution in [0.25, 0.3) is 0 Å². The van der Waals surface area contributed by atoms with Crippen LogP contribution in [0.15, 0.2) is 54.6 Å². The van der Waals surface area contributed by atoms with Crippen LogP contribution in [-0.2, 0) is 11.4 Å². The first-order valence-electron chi connectivity index (χ1n) is 8.19. The molecule has 0 aliphatic carbocycles. The molecule has 2 aromatic rings. The van der Waals surface area contributed by atoms with Crippen molar-refractivity contribution in [2.45, 2.75) is 33.8 Å². The van der Waals surface area contributed by atoms with Crippen LogP contribution in [0.3, 0.4) is 0 Å². The lowest BCUT2D eigenvalue weighted by atomic mass is 9.92. The number of anilines is 1. The molecule has 25 heavy (non-hydrogen) atoms. The van der Waals surface area contributed by atoms with Crippen LogP contribution in [0.2, 0.25) is 0 Å². The number of benzene rings is 2. The average Bonchev–Trinajstić information content (AvgIpc) is 2.53. The van der Waals surface area contributed by atoms with Gasteiger partial charge in [-0.15, -0.1) is 0 Å². The Morgan fingerprint density at radius 3 is 2.28 bits per heavy atom. The number of rotatable bonds is 5. The van der Waals surface area contributed by atoms with Gasteiger partial charge in [0, 0.05) is 12.1 Å². The van der Waals surface area contributed by atoms with E-state index in [4.69, 9.17) is 17.0 Å². The van der Waals surface area contributed by atoms with Gasteiger partial charge in [-0.1, -0.05) is 51.1 Å². The van der Waals surface area contributed by atoms with Gasteiger partial charge in [0.1, 0.15) is 12.4 Å². The summed E-state index contributed by atoms with van der Waals surface area (Å²) < 4.78 is 5.74. The molecular weight excluding hydrogens is 332 g/mol. The molecular formula is C20H24N2O2S. The molecule has 2 rings (SSSR count). The Morgan fingerprint density at radius 2 is 1.68 bits per heavy atom. The van der Waals surface area contributed by atoms with Crippen molar-refractivity contribution in [2.24, 2.45) is 5.41 Å². The summed E-state index contributed by atoms with van der Waals surface area (Å²) in [5.41, 5.74) is 1.85. The van der Waals surface area contributed by atoms with Crippen LogP contribution in [-0.4, -0.2) is 11.0 Å². The minimum absolute atomic E-state index is 0.0720. The zero-order chi connectivity index (χ0) is 18.3. The van der Waals surface area contributed by atoms with E-state index in [9.17, 15) is 4.79 Å². The first-order valence-corrected chi connectivity index (χ1v) is 8.60. The van der Waals surface area contributed by atoms with Crippen LogP contribution in [0.1, 0.15) is 32.8 Å². The van der Waals surface area contributed by atoms with Gasteiger partial charge < -0.3 is 15.4 Å². The Balaban J connectivity index is 1.81. The summed E-state index contributed by atoms with van der Waals surface area (Å²) >= 11 is 5.18. The summed E-state index contributed by atoms with van der Waals surface area (Å²) in [4.78, 5) is 11.9. The number of carbonyl (C=O) groups is 1. The smallest absolute Gasteiger partial charge is 0.226 e. The lowest BCUT2D eigenvalue weighted by Gasteiger charge is -2.18. The number of carbonyl (C=O) groups excluding carboxylic acids is 1. The van der Waals surface area contributed by atoms with Gasteiger partial charge in [0.15, 0.2) is 5.11 Å². The van der Waals surface area contributed by atoms with Crippen molar-refractivity contribution in [3.8, 4) is 5.75 Å². The Morgan fingerprint density at radius 1 is 1.04 bits per heavy atom. The third kappa shape index (κ3) is 7.35. The number of nitrogens with one attached hydrogen (secondary N) is 2. The third-order valence-corrected chi connectivity index (χ3v) is 3.51. The lowest BCUT2D eigenvalue weighted by molar-refractivity contribution is -0.121. The van der Waals surface area contributed by atoms with Crippen LogP contribution >= 0.6 is 12.2 Å². The number of hydrogen-bond acceptors (Lipinski definition) is 3. The second-order valence-corrected chi connectivity index (χ2v) is 7.45. The van der Waals surface area contributed by atoms with Crippen molar-refractivity contribution in [1.29, 1.82) is 0 Å². The van der Waals surface area contributed by atoms with Gasteiger partial charge in [0.25, 0.3) is 0 Å². The molecule has 0 unspecified atom stereocenters. The fourth-order valence-electron chi connectivity index (χ4n) is 2.19. The van der Waals surface area contributed by atoms with Gasteiger partial charge in [0.2, 0.25) is 5.91 Å². The summed E-state index contributed by atoms with van der Waals surface area (Å²) in [5.74, 6) is 0.685. The van der Waals surface area contributed by atoms with E-state index in [1.54, 1.807) is 0 Å². The molecule has 0 heterocycles. The highest BCUT2D eigenvalue weighted by atomic mass is 32.1. The van der Waals surface area contributed by atoms with E-state index < -0.39 is 0 Å². The average molecular weight is 356 g/mol. The van der Waals surface area contributed by atoms with Crippen LogP contribution in [0.4, 0.5) is 5.69 Å². The zero-order valence-electron chi connectivity index (χ0n) is 14.8. The molecule has 0 aromatic heterocycles. The molecule has 132 valence electrons. The topological polar surface area (TPSA) is 50.4 Å². The molecule has 0 aliphatic heterocycles. The molecule has 0 aliphatic rings. The maximum Gasteiger partial charge on any atom is 0.226 e. The molecule has 1 amide bonds. The summed E-state index contributed by atoms with van der Waals surface area (Å²) in [6.07, 6.45) is 0.418. The van der Waals surface area contributed by atoms with Gasteiger partial charge in [-0.05, 0) is 47.5 Å². The minimum atomic E-state index is -0.0900. The Kier molecular flexibility index (Phi) is 6.53. The maximum absolute atomic E-state index is 11.9. The number of thiocarbonyl (C=S) groups is 1. The predicted octanol–water partition coefficient (Wildman–Crippen LogP) is 4.51. The first kappa shape index (κ1) is 18.9. The Bertz CT molecular complexity index is 707. The van der Waals surface area contributed by atoms with Gasteiger partial charge >= 0.3 is 0 Å². The molecule has 0 radical (unpaired) electrons. The van der Waals surface area contributed by atoms with Gasteiger partial charge in [-0.3, -0.25) is 4.79 Å². The second-order valence-electron chi connectivity index (χ2n) is 7.04. The zero-order valence-corrected chi connectivity index (χ0v) is 15.7. The highest BCUT2D eigenvalue weighted by Gasteiger charge is 2.16. The van der Waals surface area contributed by atoms with Crippen LogP contribution < -0.4 is 15.4 Å². The van der Waals surface area contributed by atoms with E-state index >= 15 is 0 Å². The second kappa shape index (κ2) is 8.62. The summed E-state index contributed by atoms with van der Waals surface area (Å²) in [6.45, 7) is 6.56. The molecule has 0 bridgehead atoms. The van der Waals surface area contributed by atoms with E-state index in [0.717, 1.165) is 17.0 Å². The van der Waals surface area contributed by atoms with E-state index in [1.165, 1.54) is 0 Å². The standard InChI is InChI=1S/C20H24N2O2S/c1-20(2,3)13-18(23)22-19(25)21-16-9-11-17(12-10-16)24-14-15-7-5-4-6-8-15/h4-12H,13-14H2,1-3H3,(H2,21,22,23,25). The van der Waals surface area contributed by atoms with Crippen molar-refractivity contribution in [2.75, 3.05) is 5.32 Å². The first-order chi connectivity index (χ1) is 11.8. The molecule has 5 heteroatoms. The van der Waals surface area contributed by atoms with E-state index in [1.807, 2.05) is 75.4 Å². The number of ether oxygens (including phenoxy) is 1. The van der Waals surface area contributed by atoms with Crippen LogP contribution in [0.5, 0.6) is 5.75 Å². The van der Waals surface area contributed by atoms with Gasteiger partial charge in [0.05, 0.1) is 0 Å². The Labute approximate surface area is 154 Å². The largest absolute Gasteiger partial charge is 0.489 e. The quantitative estimate of drug-likeness (QED) is 0.774. The SMILES string of the molecule is CC(C)(C)CC(=O)NC(=S)Nc1ccc(OCc2ccccc2)cc1. The van der Waals surface area contributed by atoms with Crippen molar-refractivity contribution in [1.82, 2.24) is 5.32 Å². The highest BCUT2D eigenvalue weighted by molar-refractivity contribution is 7.80. The summed E-state index contributed by atoms with van der Waals surface area (Å²) in [6, 6.07) is 17.5. The number of hydrogen-bond donors (Lipinski definition) is 2. The fraction of sp³-hybridized carbons (Fsp3) is 0.300. The van der Waals surface area contributed by atoms with Gasteiger partial charge in [-0.25, -0.2) is 0 Å². The Hall–Kier alpha value is -2.40. The molecule has 4 nitrogen and oxygen atoms in total. The highest BCUT2D eigenvalue weighted by Crippen LogP contribution is 2.19. The molecule has 2 aromatic carbocycles.